The topological polar surface area (TPSA) is 298 Å². The van der Waals surface area contributed by atoms with Gasteiger partial charge in [0.25, 0.3) is 0 Å². The molecule has 0 heterocycles. The van der Waals surface area contributed by atoms with Crippen LogP contribution in [0, 0.1) is 59.2 Å². The zero-order valence-corrected chi connectivity index (χ0v) is 56.2. The lowest BCUT2D eigenvalue weighted by molar-refractivity contribution is -0.623. The van der Waals surface area contributed by atoms with Crippen molar-refractivity contribution in [3.63, 3.8) is 0 Å². The molecular formula is C59H132O18. The summed E-state index contributed by atoms with van der Waals surface area (Å²) in [6, 6.07) is 0. The Morgan fingerprint density at radius 1 is 0.208 bits per heavy atom. The first-order valence-corrected chi connectivity index (χ1v) is 27.9. The Morgan fingerprint density at radius 3 is 0.403 bits per heavy atom. The summed E-state index contributed by atoms with van der Waals surface area (Å²) in [6.45, 7) is 67.8. The molecule has 0 bridgehead atoms. The molecule has 0 aromatic rings. The van der Waals surface area contributed by atoms with Gasteiger partial charge in [0, 0.05) is 23.7 Å². The van der Waals surface area contributed by atoms with Gasteiger partial charge in [-0.05, 0) is 146 Å². The second-order valence-electron chi connectivity index (χ2n) is 26.9. The van der Waals surface area contributed by atoms with E-state index >= 15 is 0 Å². The normalized spacial score (nSPS) is 13.9. The van der Waals surface area contributed by atoms with Gasteiger partial charge >= 0.3 is 6.16 Å². The molecule has 0 aromatic heterocycles. The van der Waals surface area contributed by atoms with E-state index < -0.39 is 63.7 Å². The number of ether oxygens (including phenoxy) is 6. The monoisotopic (exact) mass is 1130 g/mol. The lowest BCUT2D eigenvalue weighted by Crippen LogP contribution is -2.69. The van der Waals surface area contributed by atoms with Crippen molar-refractivity contribution in [2.75, 3.05) is 0 Å². The Kier molecular flexibility index (Phi) is 42.2. The van der Waals surface area contributed by atoms with Crippen molar-refractivity contribution in [2.24, 2.45) is 59.2 Å². The summed E-state index contributed by atoms with van der Waals surface area (Å²) in [5, 5.41) is 96.9. The first-order valence-electron chi connectivity index (χ1n) is 27.9. The van der Waals surface area contributed by atoms with Gasteiger partial charge in [-0.15, -0.1) is 0 Å². The standard InChI is InChI=1S/C41H84O6.6C3H8O2/c1-25(2)37(26(3)4,27(5)6)44-41(45-38(28(7)8,29(9)10)30(11)12,46-39(31(13)14,32(15)16)42-35(21)22)47-40(33(17)18,34(19)20)43-36(23)24;6*1-3(2,4)5/h25-36H,1-24H3;6*4-5H,1-2H3. The van der Waals surface area contributed by atoms with Crippen LogP contribution in [0.5, 0.6) is 0 Å². The summed E-state index contributed by atoms with van der Waals surface area (Å²) in [6.07, 6.45) is -2.27. The van der Waals surface area contributed by atoms with Gasteiger partial charge in [-0.3, -0.25) is 18.9 Å². The zero-order chi connectivity index (χ0) is 64.7. The maximum absolute atomic E-state index is 8.08. The highest BCUT2D eigenvalue weighted by molar-refractivity contribution is 4.96. The van der Waals surface area contributed by atoms with Crippen LogP contribution in [0.2, 0.25) is 0 Å². The van der Waals surface area contributed by atoms with Crippen LogP contribution in [0.4, 0.5) is 0 Å². The quantitative estimate of drug-likeness (QED) is 0.0449. The lowest BCUT2D eigenvalue weighted by Gasteiger charge is -2.59. The van der Waals surface area contributed by atoms with E-state index in [1.165, 1.54) is 83.1 Å². The smallest absolute Gasteiger partial charge is 0.366 e. The highest BCUT2D eigenvalue weighted by Crippen LogP contribution is 2.53. The van der Waals surface area contributed by atoms with E-state index in [1.807, 2.05) is 0 Å². The summed E-state index contributed by atoms with van der Waals surface area (Å²) in [7, 11) is 0. The van der Waals surface area contributed by atoms with Gasteiger partial charge < -0.3 is 70.8 Å². The minimum absolute atomic E-state index is 0.0725. The molecule has 0 aromatic carbocycles. The molecule has 0 aliphatic carbocycles. The highest BCUT2D eigenvalue weighted by atomic mass is 17.1. The fraction of sp³-hybridized carbons (Fsp3) is 1.00. The molecule has 0 spiro atoms. The van der Waals surface area contributed by atoms with Gasteiger partial charge in [-0.1, -0.05) is 138 Å². The first-order chi connectivity index (χ1) is 33.1. The molecule has 0 radical (unpaired) electrons. The number of hydrogen-bond donors (Lipinski definition) is 12. The average Bonchev–Trinajstić information content (AvgIpc) is 3.06. The van der Waals surface area contributed by atoms with Gasteiger partial charge in [-0.2, -0.15) is 0 Å². The van der Waals surface area contributed by atoms with E-state index in [9.17, 15) is 0 Å². The Hall–Kier alpha value is -0.720. The maximum Gasteiger partial charge on any atom is 0.418 e. The predicted octanol–water partition coefficient (Wildman–Crippen LogP) is 10.2. The highest BCUT2D eigenvalue weighted by Gasteiger charge is 2.64. The third-order valence-electron chi connectivity index (χ3n) is 10.6. The largest absolute Gasteiger partial charge is 0.418 e. The molecule has 0 unspecified atom stereocenters. The van der Waals surface area contributed by atoms with Crippen molar-refractivity contribution in [1.82, 2.24) is 0 Å². The van der Waals surface area contributed by atoms with E-state index in [2.05, 4.69) is 166 Å². The van der Waals surface area contributed by atoms with Crippen molar-refractivity contribution >= 4 is 0 Å². The molecule has 18 nitrogen and oxygen atoms in total. The van der Waals surface area contributed by atoms with Crippen LogP contribution in [0.15, 0.2) is 0 Å². The summed E-state index contributed by atoms with van der Waals surface area (Å²) in [5.41, 5.74) is -1.41. The van der Waals surface area contributed by atoms with Crippen molar-refractivity contribution in [3.05, 3.63) is 0 Å². The van der Waals surface area contributed by atoms with E-state index in [0.717, 1.165) is 0 Å². The molecule has 476 valence electrons. The molecule has 77 heavy (non-hydrogen) atoms. The second-order valence-corrected chi connectivity index (χ2v) is 26.9. The number of aliphatic hydroxyl groups is 12. The van der Waals surface area contributed by atoms with Crippen molar-refractivity contribution in [2.45, 2.75) is 325 Å². The second kappa shape index (κ2) is 36.1. The molecule has 12 N–H and O–H groups in total. The van der Waals surface area contributed by atoms with Crippen LogP contribution in [0.25, 0.3) is 0 Å². The fourth-order valence-electron chi connectivity index (χ4n) is 8.79. The molecule has 18 heteroatoms. The van der Waals surface area contributed by atoms with E-state index in [-0.39, 0.29) is 71.4 Å². The average molecular weight is 1130 g/mol. The molecule has 0 rings (SSSR count). The van der Waals surface area contributed by atoms with Crippen LogP contribution in [-0.2, 0) is 28.4 Å². The van der Waals surface area contributed by atoms with Crippen molar-refractivity contribution < 1.29 is 89.7 Å². The summed E-state index contributed by atoms with van der Waals surface area (Å²) in [4.78, 5) is 0. The van der Waals surface area contributed by atoms with Gasteiger partial charge in [0.15, 0.2) is 46.3 Å². The molecule has 0 aliphatic rings. The van der Waals surface area contributed by atoms with Gasteiger partial charge in [0.2, 0.25) is 0 Å². The SMILES string of the molecule is CC(C)(O)O.CC(C)(O)O.CC(C)(O)O.CC(C)(O)O.CC(C)(O)O.CC(C)(O)O.CC(C)OC(OC(OC(OC(C)C)(C(C)C)C(C)C)(OC(C(C)C)(C(C)C)C(C)C)OC(C(C)C)(C(C)C)C(C)C)(C(C)C)C(C)C. The van der Waals surface area contributed by atoms with Crippen molar-refractivity contribution in [3.8, 4) is 0 Å². The van der Waals surface area contributed by atoms with E-state index in [0.29, 0.717) is 0 Å². The molecule has 0 saturated heterocycles. The van der Waals surface area contributed by atoms with Gasteiger partial charge in [0.1, 0.15) is 0 Å². The Balaban J connectivity index is -0.000000261. The predicted molar refractivity (Wildman–Crippen MR) is 310 cm³/mol. The van der Waals surface area contributed by atoms with Gasteiger partial charge in [0.05, 0.1) is 23.4 Å². The molecule has 0 amide bonds. The summed E-state index contributed by atoms with van der Waals surface area (Å²) in [5.74, 6) is -11.0. The first kappa shape index (κ1) is 90.1. The Labute approximate surface area is 472 Å². The zero-order valence-electron chi connectivity index (χ0n) is 56.2. The summed E-state index contributed by atoms with van der Waals surface area (Å²) >= 11 is 0. The number of rotatable bonds is 22. The van der Waals surface area contributed by atoms with Gasteiger partial charge in [-0.25, -0.2) is 0 Å². The van der Waals surface area contributed by atoms with Crippen LogP contribution >= 0.6 is 0 Å². The van der Waals surface area contributed by atoms with E-state index in [1.54, 1.807) is 0 Å². The van der Waals surface area contributed by atoms with E-state index in [4.69, 9.17) is 89.7 Å². The summed E-state index contributed by atoms with van der Waals surface area (Å²) < 4.78 is 44.7. The Bertz CT molecular complexity index is 1170. The van der Waals surface area contributed by atoms with Crippen LogP contribution in [-0.4, -0.2) is 137 Å². The minimum atomic E-state index is -2.02. The molecule has 0 saturated carbocycles. The fourth-order valence-corrected chi connectivity index (χ4v) is 8.79. The third kappa shape index (κ3) is 46.5. The molecule has 0 aliphatic heterocycles. The molecule has 0 fully saturated rings. The maximum atomic E-state index is 8.08. The van der Waals surface area contributed by atoms with Crippen LogP contribution in [0.3, 0.4) is 0 Å². The lowest BCUT2D eigenvalue weighted by atomic mass is 9.72. The Morgan fingerprint density at radius 2 is 0.325 bits per heavy atom. The third-order valence-corrected chi connectivity index (χ3v) is 10.6. The minimum Gasteiger partial charge on any atom is -0.366 e. The molecular weight excluding hydrogens is 997 g/mol. The van der Waals surface area contributed by atoms with Crippen LogP contribution < -0.4 is 0 Å². The molecule has 0 atom stereocenters. The number of hydrogen-bond acceptors (Lipinski definition) is 18. The van der Waals surface area contributed by atoms with Crippen molar-refractivity contribution in [1.29, 1.82) is 0 Å². The van der Waals surface area contributed by atoms with Crippen LogP contribution in [0.1, 0.15) is 249 Å².